The van der Waals surface area contributed by atoms with E-state index in [0.29, 0.717) is 5.38 Å². The highest BCUT2D eigenvalue weighted by atomic mass is 35.5. The summed E-state index contributed by atoms with van der Waals surface area (Å²) in [5.74, 6) is 0.750. The first kappa shape index (κ1) is 11.3. The predicted molar refractivity (Wildman–Crippen MR) is 66.8 cm³/mol. The summed E-state index contributed by atoms with van der Waals surface area (Å²) >= 11 is 12.1. The molecule has 2 rings (SSSR count). The van der Waals surface area contributed by atoms with Crippen molar-refractivity contribution in [3.05, 3.63) is 34.9 Å². The van der Waals surface area contributed by atoms with Crippen molar-refractivity contribution >= 4 is 23.2 Å². The largest absolute Gasteiger partial charge is 0.123 e. The second kappa shape index (κ2) is 5.23. The van der Waals surface area contributed by atoms with Crippen LogP contribution in [0.2, 0.25) is 5.02 Å². The van der Waals surface area contributed by atoms with Crippen LogP contribution in [0.15, 0.2) is 24.3 Å². The zero-order valence-corrected chi connectivity index (χ0v) is 10.3. The Balaban J connectivity index is 1.96. The number of rotatable bonds is 2. The van der Waals surface area contributed by atoms with E-state index < -0.39 is 0 Å². The number of benzene rings is 1. The van der Waals surface area contributed by atoms with Crippen LogP contribution in [-0.4, -0.2) is 5.38 Å². The van der Waals surface area contributed by atoms with Crippen LogP contribution in [0.25, 0.3) is 0 Å². The molecular formula is C13H16Cl2. The third-order valence-corrected chi connectivity index (χ3v) is 3.76. The summed E-state index contributed by atoms with van der Waals surface area (Å²) in [7, 11) is 0. The van der Waals surface area contributed by atoms with Gasteiger partial charge in [0.1, 0.15) is 0 Å². The summed E-state index contributed by atoms with van der Waals surface area (Å²) in [6.07, 6.45) is 6.07. The highest BCUT2D eigenvalue weighted by Gasteiger charge is 2.20. The molecule has 0 N–H and O–H groups in total. The van der Waals surface area contributed by atoms with Crippen molar-refractivity contribution in [1.82, 2.24) is 0 Å². The summed E-state index contributed by atoms with van der Waals surface area (Å²) < 4.78 is 0. The minimum atomic E-state index is 0.392. The van der Waals surface area contributed by atoms with E-state index in [-0.39, 0.29) is 0 Å². The Morgan fingerprint density at radius 1 is 1.27 bits per heavy atom. The Morgan fingerprint density at radius 3 is 2.87 bits per heavy atom. The maximum absolute atomic E-state index is 6.18. The number of hydrogen-bond acceptors (Lipinski definition) is 0. The molecule has 0 aliphatic heterocycles. The topological polar surface area (TPSA) is 0 Å². The first-order valence-corrected chi connectivity index (χ1v) is 6.44. The molecule has 0 heterocycles. The summed E-state index contributed by atoms with van der Waals surface area (Å²) in [6.45, 7) is 0. The SMILES string of the molecule is Clc1cccc(CC2CCCC(Cl)C2)c1. The molecule has 2 atom stereocenters. The second-order valence-electron chi connectivity index (χ2n) is 4.46. The Bertz CT molecular complexity index is 322. The van der Waals surface area contributed by atoms with E-state index in [1.165, 1.54) is 24.8 Å². The lowest BCUT2D eigenvalue weighted by Crippen LogP contribution is -2.17. The lowest BCUT2D eigenvalue weighted by Gasteiger charge is -2.25. The number of hydrogen-bond donors (Lipinski definition) is 0. The molecule has 2 unspecified atom stereocenters. The molecule has 0 saturated heterocycles. The lowest BCUT2D eigenvalue weighted by molar-refractivity contribution is 0.361. The van der Waals surface area contributed by atoms with Crippen LogP contribution >= 0.6 is 23.2 Å². The standard InChI is InChI=1S/C13H16Cl2/c14-12-5-1-3-10(8-12)7-11-4-2-6-13(15)9-11/h1,3,5,8,11,13H,2,4,6-7,9H2. The molecule has 1 aromatic rings. The first-order valence-electron chi connectivity index (χ1n) is 5.62. The molecule has 0 nitrogen and oxygen atoms in total. The molecule has 1 aliphatic carbocycles. The van der Waals surface area contributed by atoms with Crippen molar-refractivity contribution in [3.8, 4) is 0 Å². The Kier molecular flexibility index (Phi) is 3.93. The van der Waals surface area contributed by atoms with Gasteiger partial charge in [0.2, 0.25) is 0 Å². The van der Waals surface area contributed by atoms with Gasteiger partial charge in [0.15, 0.2) is 0 Å². The highest BCUT2D eigenvalue weighted by Crippen LogP contribution is 2.30. The number of alkyl halides is 1. The Hall–Kier alpha value is -0.200. The van der Waals surface area contributed by atoms with E-state index in [0.717, 1.165) is 23.8 Å². The van der Waals surface area contributed by atoms with E-state index in [4.69, 9.17) is 23.2 Å². The minimum absolute atomic E-state index is 0.392. The molecule has 0 aromatic heterocycles. The minimum Gasteiger partial charge on any atom is -0.123 e. The molecule has 0 bridgehead atoms. The zero-order chi connectivity index (χ0) is 10.7. The van der Waals surface area contributed by atoms with Crippen molar-refractivity contribution in [2.75, 3.05) is 0 Å². The van der Waals surface area contributed by atoms with Gasteiger partial charge in [-0.25, -0.2) is 0 Å². The van der Waals surface area contributed by atoms with Crippen LogP contribution in [-0.2, 0) is 6.42 Å². The van der Waals surface area contributed by atoms with Gasteiger partial charge in [0, 0.05) is 10.4 Å². The van der Waals surface area contributed by atoms with E-state index >= 15 is 0 Å². The summed E-state index contributed by atoms with van der Waals surface area (Å²) in [5, 5.41) is 1.23. The Labute approximate surface area is 102 Å². The van der Waals surface area contributed by atoms with E-state index in [1.54, 1.807) is 0 Å². The van der Waals surface area contributed by atoms with Crippen LogP contribution in [0.4, 0.5) is 0 Å². The average Bonchev–Trinajstić information content (AvgIpc) is 2.17. The molecule has 2 heteroatoms. The molecule has 0 radical (unpaired) electrons. The summed E-state index contributed by atoms with van der Waals surface area (Å²) in [4.78, 5) is 0. The first-order chi connectivity index (χ1) is 7.24. The molecule has 1 aromatic carbocycles. The maximum atomic E-state index is 6.18. The van der Waals surface area contributed by atoms with Crippen molar-refractivity contribution < 1.29 is 0 Å². The molecule has 1 fully saturated rings. The van der Waals surface area contributed by atoms with Crippen molar-refractivity contribution in [2.24, 2.45) is 5.92 Å². The fourth-order valence-corrected chi connectivity index (χ4v) is 3.03. The molecule has 15 heavy (non-hydrogen) atoms. The highest BCUT2D eigenvalue weighted by molar-refractivity contribution is 6.30. The van der Waals surface area contributed by atoms with Crippen molar-refractivity contribution in [2.45, 2.75) is 37.5 Å². The van der Waals surface area contributed by atoms with E-state index in [2.05, 4.69) is 12.1 Å². The number of halogens is 2. The van der Waals surface area contributed by atoms with Crippen LogP contribution in [0, 0.1) is 5.92 Å². The second-order valence-corrected chi connectivity index (χ2v) is 5.52. The third-order valence-electron chi connectivity index (χ3n) is 3.13. The fraction of sp³-hybridized carbons (Fsp3) is 0.538. The van der Waals surface area contributed by atoms with Crippen molar-refractivity contribution in [1.29, 1.82) is 0 Å². The molecular weight excluding hydrogens is 227 g/mol. The van der Waals surface area contributed by atoms with Gasteiger partial charge in [-0.2, -0.15) is 0 Å². The average molecular weight is 243 g/mol. The fourth-order valence-electron chi connectivity index (χ4n) is 2.41. The van der Waals surface area contributed by atoms with Crippen LogP contribution < -0.4 is 0 Å². The summed E-state index contributed by atoms with van der Waals surface area (Å²) in [5.41, 5.74) is 1.35. The maximum Gasteiger partial charge on any atom is 0.0408 e. The molecule has 1 aliphatic rings. The monoisotopic (exact) mass is 242 g/mol. The van der Waals surface area contributed by atoms with Crippen molar-refractivity contribution in [3.63, 3.8) is 0 Å². The molecule has 1 saturated carbocycles. The van der Waals surface area contributed by atoms with E-state index in [9.17, 15) is 0 Å². The van der Waals surface area contributed by atoms with Gasteiger partial charge in [-0.15, -0.1) is 11.6 Å². The Morgan fingerprint density at radius 2 is 2.13 bits per heavy atom. The predicted octanol–water partition coefficient (Wildman–Crippen LogP) is 4.68. The smallest absolute Gasteiger partial charge is 0.0408 e. The molecule has 82 valence electrons. The van der Waals surface area contributed by atoms with Gasteiger partial charge in [0.05, 0.1) is 0 Å². The lowest BCUT2D eigenvalue weighted by atomic mass is 9.84. The third kappa shape index (κ3) is 3.39. The summed E-state index contributed by atoms with van der Waals surface area (Å²) in [6, 6.07) is 8.18. The molecule has 0 amide bonds. The van der Waals surface area contributed by atoms with Crippen LogP contribution in [0.5, 0.6) is 0 Å². The van der Waals surface area contributed by atoms with Gasteiger partial charge >= 0.3 is 0 Å². The molecule has 0 spiro atoms. The van der Waals surface area contributed by atoms with Gasteiger partial charge in [-0.1, -0.05) is 36.6 Å². The van der Waals surface area contributed by atoms with Crippen LogP contribution in [0.1, 0.15) is 31.2 Å². The van der Waals surface area contributed by atoms with Gasteiger partial charge < -0.3 is 0 Å². The zero-order valence-electron chi connectivity index (χ0n) is 8.76. The van der Waals surface area contributed by atoms with Gasteiger partial charge in [-0.3, -0.25) is 0 Å². The normalized spacial score (nSPS) is 26.5. The van der Waals surface area contributed by atoms with Crippen LogP contribution in [0.3, 0.4) is 0 Å². The van der Waals surface area contributed by atoms with E-state index in [1.807, 2.05) is 12.1 Å². The quantitative estimate of drug-likeness (QED) is 0.661. The van der Waals surface area contributed by atoms with Gasteiger partial charge in [0.25, 0.3) is 0 Å². The van der Waals surface area contributed by atoms with Gasteiger partial charge in [-0.05, 0) is 42.9 Å².